The largest absolute Gasteiger partial charge is 0.357 e. The number of halogens is 1. The van der Waals surface area contributed by atoms with Gasteiger partial charge in [0.05, 0.1) is 17.6 Å². The molecular weight excluding hydrogens is 467 g/mol. The highest BCUT2D eigenvalue weighted by Crippen LogP contribution is 2.15. The van der Waals surface area contributed by atoms with Gasteiger partial charge in [-0.2, -0.15) is 0 Å². The molecule has 2 N–H and O–H groups in total. The molecule has 3 rings (SSSR count). The maximum atomic E-state index is 11.9. The number of hydrogen-bond acceptors (Lipinski definition) is 3. The van der Waals surface area contributed by atoms with Crippen molar-refractivity contribution in [3.63, 3.8) is 0 Å². The fourth-order valence-electron chi connectivity index (χ4n) is 3.58. The van der Waals surface area contributed by atoms with Gasteiger partial charge in [0, 0.05) is 38.6 Å². The molecule has 1 amide bonds. The Morgan fingerprint density at radius 3 is 2.86 bits per heavy atom. The van der Waals surface area contributed by atoms with Crippen LogP contribution < -0.4 is 10.6 Å². The highest BCUT2D eigenvalue weighted by Gasteiger charge is 2.25. The minimum absolute atomic E-state index is 0. The molecule has 28 heavy (non-hydrogen) atoms. The predicted octanol–water partition coefficient (Wildman–Crippen LogP) is 2.53. The van der Waals surface area contributed by atoms with Crippen molar-refractivity contribution in [2.45, 2.75) is 46.2 Å². The number of imidazole rings is 1. The lowest BCUT2D eigenvalue weighted by Crippen LogP contribution is -2.45. The summed E-state index contributed by atoms with van der Waals surface area (Å²) in [5, 5.41) is 6.79. The molecular formula is C20H31IN6O. The van der Waals surface area contributed by atoms with E-state index in [0.717, 1.165) is 55.4 Å². The number of nitrogens with zero attached hydrogens (tertiary/aromatic N) is 4. The lowest BCUT2D eigenvalue weighted by atomic mass is 10.3. The molecule has 0 spiro atoms. The molecule has 154 valence electrons. The van der Waals surface area contributed by atoms with Crippen molar-refractivity contribution in [2.75, 3.05) is 26.2 Å². The van der Waals surface area contributed by atoms with Crippen LogP contribution in [0.4, 0.5) is 0 Å². The first kappa shape index (κ1) is 22.4. The molecule has 1 unspecified atom stereocenters. The molecule has 1 atom stereocenters. The number of aryl methyl sites for hydroxylation is 1. The van der Waals surface area contributed by atoms with Gasteiger partial charge >= 0.3 is 0 Å². The van der Waals surface area contributed by atoms with E-state index in [9.17, 15) is 4.79 Å². The van der Waals surface area contributed by atoms with E-state index in [2.05, 4.69) is 33.2 Å². The van der Waals surface area contributed by atoms with Crippen molar-refractivity contribution in [2.24, 2.45) is 4.99 Å². The maximum absolute atomic E-state index is 11.9. The SMILES string of the molecule is CCNC(=NCCn1c(C)nc2ccccc21)NC1CCN(C(=O)CC)C1.I. The fourth-order valence-corrected chi connectivity index (χ4v) is 3.58. The molecule has 1 aliphatic rings. The van der Waals surface area contributed by atoms with Crippen LogP contribution in [-0.2, 0) is 11.3 Å². The van der Waals surface area contributed by atoms with E-state index in [0.29, 0.717) is 13.0 Å². The highest BCUT2D eigenvalue weighted by atomic mass is 127. The molecule has 0 aliphatic carbocycles. The second-order valence-electron chi connectivity index (χ2n) is 6.88. The van der Waals surface area contributed by atoms with E-state index in [1.807, 2.05) is 36.9 Å². The number of benzene rings is 1. The zero-order valence-corrected chi connectivity index (χ0v) is 19.3. The number of guanidine groups is 1. The first-order valence-electron chi connectivity index (χ1n) is 9.86. The average molecular weight is 498 g/mol. The Balaban J connectivity index is 0.00000280. The van der Waals surface area contributed by atoms with Gasteiger partial charge in [0.15, 0.2) is 5.96 Å². The van der Waals surface area contributed by atoms with Crippen LogP contribution >= 0.6 is 24.0 Å². The summed E-state index contributed by atoms with van der Waals surface area (Å²) in [7, 11) is 0. The van der Waals surface area contributed by atoms with E-state index in [1.54, 1.807) is 0 Å². The number of aliphatic imine (C=N–C) groups is 1. The zero-order valence-electron chi connectivity index (χ0n) is 16.9. The first-order chi connectivity index (χ1) is 13.1. The topological polar surface area (TPSA) is 74.6 Å². The Kier molecular flexibility index (Phi) is 8.53. The Bertz CT molecular complexity index is 818. The minimum atomic E-state index is 0. The normalized spacial score (nSPS) is 16.9. The Hall–Kier alpha value is -1.84. The summed E-state index contributed by atoms with van der Waals surface area (Å²) >= 11 is 0. The first-order valence-corrected chi connectivity index (χ1v) is 9.86. The van der Waals surface area contributed by atoms with Crippen LogP contribution in [0.2, 0.25) is 0 Å². The zero-order chi connectivity index (χ0) is 19.2. The van der Waals surface area contributed by atoms with Crippen LogP contribution in [0.25, 0.3) is 11.0 Å². The second-order valence-corrected chi connectivity index (χ2v) is 6.88. The van der Waals surface area contributed by atoms with Gasteiger partial charge in [0.2, 0.25) is 5.91 Å². The van der Waals surface area contributed by atoms with Crippen molar-refractivity contribution in [3.8, 4) is 0 Å². The van der Waals surface area contributed by atoms with E-state index in [1.165, 1.54) is 0 Å². The molecule has 0 saturated carbocycles. The summed E-state index contributed by atoms with van der Waals surface area (Å²) in [6, 6.07) is 8.45. The molecule has 1 aliphatic heterocycles. The Labute approximate surface area is 184 Å². The van der Waals surface area contributed by atoms with Crippen molar-refractivity contribution in [1.29, 1.82) is 0 Å². The summed E-state index contributed by atoms with van der Waals surface area (Å²) in [5.41, 5.74) is 2.17. The molecule has 1 saturated heterocycles. The molecule has 1 aromatic carbocycles. The summed E-state index contributed by atoms with van der Waals surface area (Å²) < 4.78 is 2.21. The van der Waals surface area contributed by atoms with Gasteiger partial charge in [-0.05, 0) is 32.4 Å². The van der Waals surface area contributed by atoms with Crippen molar-refractivity contribution < 1.29 is 4.79 Å². The molecule has 2 aromatic rings. The van der Waals surface area contributed by atoms with Crippen LogP contribution in [-0.4, -0.2) is 58.5 Å². The Morgan fingerprint density at radius 1 is 1.32 bits per heavy atom. The smallest absolute Gasteiger partial charge is 0.222 e. The average Bonchev–Trinajstić information content (AvgIpc) is 3.26. The third kappa shape index (κ3) is 5.36. The van der Waals surface area contributed by atoms with Gasteiger partial charge in [-0.25, -0.2) is 4.98 Å². The number of para-hydroxylation sites is 2. The molecule has 1 fully saturated rings. The van der Waals surface area contributed by atoms with Crippen molar-refractivity contribution in [3.05, 3.63) is 30.1 Å². The lowest BCUT2D eigenvalue weighted by molar-refractivity contribution is -0.129. The van der Waals surface area contributed by atoms with Gasteiger partial charge in [0.25, 0.3) is 0 Å². The summed E-state index contributed by atoms with van der Waals surface area (Å²) in [6.07, 6.45) is 1.53. The van der Waals surface area contributed by atoms with E-state index in [-0.39, 0.29) is 35.9 Å². The quantitative estimate of drug-likeness (QED) is 0.365. The summed E-state index contributed by atoms with van der Waals surface area (Å²) in [5.74, 6) is 2.05. The van der Waals surface area contributed by atoms with Crippen LogP contribution in [0, 0.1) is 6.92 Å². The summed E-state index contributed by atoms with van der Waals surface area (Å²) in [4.78, 5) is 23.1. The molecule has 1 aromatic heterocycles. The molecule has 0 bridgehead atoms. The Morgan fingerprint density at radius 2 is 2.11 bits per heavy atom. The van der Waals surface area contributed by atoms with Gasteiger partial charge in [-0.3, -0.25) is 9.79 Å². The monoisotopic (exact) mass is 498 g/mol. The van der Waals surface area contributed by atoms with Gasteiger partial charge < -0.3 is 20.1 Å². The number of nitrogens with one attached hydrogen (secondary N) is 2. The third-order valence-corrected chi connectivity index (χ3v) is 4.97. The maximum Gasteiger partial charge on any atom is 0.222 e. The number of aromatic nitrogens is 2. The van der Waals surface area contributed by atoms with Gasteiger partial charge in [-0.15, -0.1) is 24.0 Å². The predicted molar refractivity (Wildman–Crippen MR) is 124 cm³/mol. The number of likely N-dealkylation sites (tertiary alicyclic amines) is 1. The van der Waals surface area contributed by atoms with Gasteiger partial charge in [-0.1, -0.05) is 19.1 Å². The molecule has 0 radical (unpaired) electrons. The van der Waals surface area contributed by atoms with E-state index >= 15 is 0 Å². The molecule has 7 nitrogen and oxygen atoms in total. The van der Waals surface area contributed by atoms with Crippen LogP contribution in [0.1, 0.15) is 32.5 Å². The fraction of sp³-hybridized carbons (Fsp3) is 0.550. The second kappa shape index (κ2) is 10.6. The number of fused-ring (bicyclic) bond motifs is 1. The van der Waals surface area contributed by atoms with E-state index < -0.39 is 0 Å². The molecule has 8 heteroatoms. The van der Waals surface area contributed by atoms with Crippen molar-refractivity contribution >= 4 is 46.9 Å². The van der Waals surface area contributed by atoms with Crippen LogP contribution in [0.5, 0.6) is 0 Å². The minimum Gasteiger partial charge on any atom is -0.357 e. The van der Waals surface area contributed by atoms with Crippen molar-refractivity contribution in [1.82, 2.24) is 25.1 Å². The number of carbonyl (C=O) groups excluding carboxylic acids is 1. The standard InChI is InChI=1S/C20H30N6O.HI/c1-4-19(27)25-12-10-16(14-25)24-20(21-5-2)22-11-13-26-15(3)23-17-8-6-7-9-18(17)26;/h6-9,16H,4-5,10-14H2,1-3H3,(H2,21,22,24);1H. The number of hydrogen-bond donors (Lipinski definition) is 2. The molecule has 2 heterocycles. The number of amides is 1. The highest BCUT2D eigenvalue weighted by molar-refractivity contribution is 14.0. The number of carbonyl (C=O) groups is 1. The summed E-state index contributed by atoms with van der Waals surface area (Å²) in [6.45, 7) is 9.85. The lowest BCUT2D eigenvalue weighted by Gasteiger charge is -2.18. The van der Waals surface area contributed by atoms with Gasteiger partial charge in [0.1, 0.15) is 5.82 Å². The van der Waals surface area contributed by atoms with E-state index in [4.69, 9.17) is 4.99 Å². The third-order valence-electron chi connectivity index (χ3n) is 4.97. The number of rotatable bonds is 6. The van der Waals surface area contributed by atoms with Crippen LogP contribution in [0.15, 0.2) is 29.3 Å². The van der Waals surface area contributed by atoms with Crippen LogP contribution in [0.3, 0.4) is 0 Å².